The number of amides is 2. The zero-order chi connectivity index (χ0) is 27.2. The highest BCUT2D eigenvalue weighted by molar-refractivity contribution is 6.12. The number of nitrogens with zero attached hydrogens (tertiary/aromatic N) is 6. The van der Waals surface area contributed by atoms with Crippen LogP contribution in [-0.2, 0) is 11.2 Å². The fraction of sp³-hybridized carbons (Fsp3) is 0.586. The third kappa shape index (κ3) is 6.79. The van der Waals surface area contributed by atoms with Crippen LogP contribution in [0.15, 0.2) is 35.7 Å². The molecule has 4 heterocycles. The van der Waals surface area contributed by atoms with Crippen LogP contribution in [-0.4, -0.2) is 76.1 Å². The lowest BCUT2D eigenvalue weighted by atomic mass is 9.84. The number of nitrogens with one attached hydrogen (secondary N) is 1. The minimum Gasteiger partial charge on any atom is -0.476 e. The van der Waals surface area contributed by atoms with Gasteiger partial charge in [0.2, 0.25) is 11.8 Å². The molecule has 0 radical (unpaired) electrons. The van der Waals surface area contributed by atoms with Gasteiger partial charge in [-0.15, -0.1) is 0 Å². The molecule has 2 aromatic rings. The van der Waals surface area contributed by atoms with Gasteiger partial charge in [-0.3, -0.25) is 14.5 Å². The number of piperidine rings is 1. The van der Waals surface area contributed by atoms with Crippen molar-refractivity contribution in [2.75, 3.05) is 31.1 Å². The van der Waals surface area contributed by atoms with Gasteiger partial charge in [0.05, 0.1) is 23.6 Å². The molecule has 10 nitrogen and oxygen atoms in total. The molecule has 2 fully saturated rings. The van der Waals surface area contributed by atoms with Crippen molar-refractivity contribution in [3.63, 3.8) is 0 Å². The third-order valence-electron chi connectivity index (χ3n) is 7.85. The van der Waals surface area contributed by atoms with E-state index in [-0.39, 0.29) is 29.8 Å². The van der Waals surface area contributed by atoms with Gasteiger partial charge in [0, 0.05) is 48.8 Å². The van der Waals surface area contributed by atoms with Crippen molar-refractivity contribution >= 4 is 23.3 Å². The van der Waals surface area contributed by atoms with E-state index >= 15 is 0 Å². The molecule has 10 heteroatoms. The minimum atomic E-state index is -0.339. The highest BCUT2D eigenvalue weighted by Gasteiger charge is 2.36. The lowest BCUT2D eigenvalue weighted by Crippen LogP contribution is -2.44. The monoisotopic (exact) mass is 533 g/mol. The topological polar surface area (TPSA) is 113 Å². The number of hydrogen-bond acceptors (Lipinski definition) is 7. The first kappa shape index (κ1) is 27.2. The van der Waals surface area contributed by atoms with Crippen molar-refractivity contribution in [3.8, 4) is 5.88 Å². The van der Waals surface area contributed by atoms with Crippen LogP contribution in [0, 0.1) is 5.92 Å². The number of amidine groups is 1. The molecule has 1 N–H and O–H groups in total. The van der Waals surface area contributed by atoms with Crippen molar-refractivity contribution in [1.82, 2.24) is 25.4 Å². The Bertz CT molecular complexity index is 1170. The average molecular weight is 534 g/mol. The summed E-state index contributed by atoms with van der Waals surface area (Å²) in [6, 6.07) is 3.89. The lowest BCUT2D eigenvalue weighted by molar-refractivity contribution is -0.126. The Balaban J connectivity index is 1.33. The average Bonchev–Trinajstić information content (AvgIpc) is 3.30. The highest BCUT2D eigenvalue weighted by atomic mass is 16.5. The molecule has 208 valence electrons. The van der Waals surface area contributed by atoms with E-state index in [9.17, 15) is 9.59 Å². The van der Waals surface area contributed by atoms with Crippen LogP contribution >= 0.6 is 0 Å². The summed E-state index contributed by atoms with van der Waals surface area (Å²) in [5.74, 6) is 1.10. The molecule has 3 aliphatic rings. The molecule has 2 amide bonds. The van der Waals surface area contributed by atoms with E-state index < -0.39 is 0 Å². The number of pyridine rings is 1. The number of rotatable bonds is 8. The van der Waals surface area contributed by atoms with Crippen molar-refractivity contribution in [2.24, 2.45) is 10.9 Å². The van der Waals surface area contributed by atoms with Gasteiger partial charge in [0.1, 0.15) is 12.4 Å². The zero-order valence-electron chi connectivity index (χ0n) is 23.0. The first-order valence-electron chi connectivity index (χ1n) is 14.3. The quantitative estimate of drug-likeness (QED) is 0.549. The maximum Gasteiger partial charge on any atom is 0.280 e. The maximum absolute atomic E-state index is 13.0. The van der Waals surface area contributed by atoms with Crippen molar-refractivity contribution in [1.29, 1.82) is 0 Å². The molecule has 1 saturated heterocycles. The van der Waals surface area contributed by atoms with E-state index in [1.165, 1.54) is 31.7 Å². The Kier molecular flexibility index (Phi) is 8.81. The van der Waals surface area contributed by atoms with E-state index in [2.05, 4.69) is 35.3 Å². The Morgan fingerprint density at radius 3 is 2.62 bits per heavy atom. The van der Waals surface area contributed by atoms with Gasteiger partial charge in [-0.2, -0.15) is 15.2 Å². The molecule has 5 rings (SSSR count). The standard InChI is InChI=1S/C29H39N7O3/c1-20(2)33-28(37)21-6-8-24(9-7-21)36-25-17-27(39-15-14-35-12-4-3-5-13-35)30-18-23(25)16-26(36)34-29(38)22-10-11-31-32-19-22/h10-11,17-21,24H,3-9,12-16H2,1-2H3,(H,33,37). The van der Waals surface area contributed by atoms with Gasteiger partial charge in [-0.1, -0.05) is 6.42 Å². The number of hydrogen-bond donors (Lipinski definition) is 1. The van der Waals surface area contributed by atoms with Crippen LogP contribution in [0.25, 0.3) is 0 Å². The summed E-state index contributed by atoms with van der Waals surface area (Å²) in [4.78, 5) is 39.4. The van der Waals surface area contributed by atoms with Crippen LogP contribution < -0.4 is 15.0 Å². The van der Waals surface area contributed by atoms with E-state index in [0.717, 1.165) is 56.6 Å². The summed E-state index contributed by atoms with van der Waals surface area (Å²) in [7, 11) is 0. The molecule has 0 aromatic carbocycles. The molecule has 2 aliphatic heterocycles. The Morgan fingerprint density at radius 2 is 1.90 bits per heavy atom. The zero-order valence-corrected chi connectivity index (χ0v) is 23.0. The van der Waals surface area contributed by atoms with Gasteiger partial charge in [0.15, 0.2) is 0 Å². The molecule has 0 bridgehead atoms. The summed E-state index contributed by atoms with van der Waals surface area (Å²) >= 11 is 0. The summed E-state index contributed by atoms with van der Waals surface area (Å²) in [6.45, 7) is 7.73. The van der Waals surface area contributed by atoms with Crippen molar-refractivity contribution in [3.05, 3.63) is 41.9 Å². The van der Waals surface area contributed by atoms with Gasteiger partial charge in [0.25, 0.3) is 5.91 Å². The number of fused-ring (bicyclic) bond motifs is 1. The maximum atomic E-state index is 13.0. The molecule has 0 spiro atoms. The molecule has 1 saturated carbocycles. The minimum absolute atomic E-state index is 0.0155. The number of carbonyl (C=O) groups is 2. The van der Waals surface area contributed by atoms with E-state index in [1.807, 2.05) is 26.1 Å². The normalized spacial score (nSPS) is 22.6. The smallest absolute Gasteiger partial charge is 0.280 e. The number of aliphatic imine (C=N–C) groups is 1. The predicted octanol–water partition coefficient (Wildman–Crippen LogP) is 3.42. The van der Waals surface area contributed by atoms with Gasteiger partial charge >= 0.3 is 0 Å². The Morgan fingerprint density at radius 1 is 1.10 bits per heavy atom. The first-order chi connectivity index (χ1) is 19.0. The first-order valence-corrected chi connectivity index (χ1v) is 14.3. The number of anilines is 1. The summed E-state index contributed by atoms with van der Waals surface area (Å²) in [5, 5.41) is 10.6. The second-order valence-electron chi connectivity index (χ2n) is 11.1. The number of likely N-dealkylation sites (tertiary alicyclic amines) is 1. The van der Waals surface area contributed by atoms with Crippen molar-refractivity contribution in [2.45, 2.75) is 77.3 Å². The molecule has 2 aromatic heterocycles. The van der Waals surface area contributed by atoms with Gasteiger partial charge < -0.3 is 15.0 Å². The predicted molar refractivity (Wildman–Crippen MR) is 149 cm³/mol. The van der Waals surface area contributed by atoms with Crippen molar-refractivity contribution < 1.29 is 14.3 Å². The van der Waals surface area contributed by atoms with Gasteiger partial charge in [-0.05, 0) is 71.5 Å². The second kappa shape index (κ2) is 12.6. The van der Waals surface area contributed by atoms with E-state index in [0.29, 0.717) is 30.3 Å². The van der Waals surface area contributed by atoms with Crippen LogP contribution in [0.5, 0.6) is 5.88 Å². The fourth-order valence-electron chi connectivity index (χ4n) is 5.85. The van der Waals surface area contributed by atoms with Gasteiger partial charge in [-0.25, -0.2) is 4.98 Å². The fourth-order valence-corrected chi connectivity index (χ4v) is 5.85. The summed E-state index contributed by atoms with van der Waals surface area (Å²) in [5.41, 5.74) is 2.42. The van der Waals surface area contributed by atoms with E-state index in [4.69, 9.17) is 4.74 Å². The number of carbonyl (C=O) groups excluding carboxylic acids is 2. The van der Waals surface area contributed by atoms with Crippen LogP contribution in [0.4, 0.5) is 5.69 Å². The summed E-state index contributed by atoms with van der Waals surface area (Å²) < 4.78 is 6.09. The molecule has 0 atom stereocenters. The van der Waals surface area contributed by atoms with Crippen LogP contribution in [0.2, 0.25) is 0 Å². The molecule has 1 aliphatic carbocycles. The molecule has 39 heavy (non-hydrogen) atoms. The molecular formula is C29H39N7O3. The molecule has 0 unspecified atom stereocenters. The van der Waals surface area contributed by atoms with Crippen LogP contribution in [0.3, 0.4) is 0 Å². The number of aromatic nitrogens is 3. The summed E-state index contributed by atoms with van der Waals surface area (Å²) in [6.07, 6.45) is 12.4. The number of ether oxygens (including phenoxy) is 1. The lowest BCUT2D eigenvalue weighted by Gasteiger charge is -2.36. The highest BCUT2D eigenvalue weighted by Crippen LogP contribution is 2.38. The largest absolute Gasteiger partial charge is 0.476 e. The van der Waals surface area contributed by atoms with E-state index in [1.54, 1.807) is 6.07 Å². The van der Waals surface area contributed by atoms with Crippen LogP contribution in [0.1, 0.15) is 74.7 Å². The second-order valence-corrected chi connectivity index (χ2v) is 11.1. The Labute approximate surface area is 230 Å². The SMILES string of the molecule is CC(C)NC(=O)C1CCC(N2C(=NC(=O)c3ccnnc3)Cc3cnc(OCCN4CCCCC4)cc32)CC1. The third-order valence-corrected chi connectivity index (χ3v) is 7.85. The Hall–Kier alpha value is -3.40. The molecular weight excluding hydrogens is 494 g/mol.